The van der Waals surface area contributed by atoms with E-state index < -0.39 is 5.60 Å². The lowest BCUT2D eigenvalue weighted by Crippen LogP contribution is -2.37. The van der Waals surface area contributed by atoms with Crippen molar-refractivity contribution in [2.45, 2.75) is 45.4 Å². The Hall–Kier alpha value is -3.73. The molecular formula is C29H36N8O2. The number of imidazole rings is 1. The Balaban J connectivity index is 1.36. The topological polar surface area (TPSA) is 96.5 Å². The number of fused-ring (bicyclic) bond motifs is 1. The van der Waals surface area contributed by atoms with E-state index >= 15 is 0 Å². The zero-order valence-corrected chi connectivity index (χ0v) is 23.0. The number of benzene rings is 1. The van der Waals surface area contributed by atoms with Crippen molar-refractivity contribution in [3.8, 4) is 11.4 Å². The Morgan fingerprint density at radius 1 is 1.15 bits per heavy atom. The van der Waals surface area contributed by atoms with Crippen molar-refractivity contribution in [1.82, 2.24) is 29.7 Å². The minimum atomic E-state index is -0.742. The van der Waals surface area contributed by atoms with Crippen molar-refractivity contribution >= 4 is 22.7 Å². The van der Waals surface area contributed by atoms with E-state index in [1.165, 1.54) is 11.1 Å². The zero-order valence-electron chi connectivity index (χ0n) is 23.0. The standard InChI is InChI=1S/C29H36N8O2/c1-20-6-5-7-21(16-20)23-8-10-37(33-23)25-17-24(35-12-14-39-15-13-35)26-28(31-25)34(4)27(32-26)22-18-30-36(19-22)11-9-29(2,3)38/h5-8,10,16-19,23,33,38H,9,11-15H2,1-4H3. The van der Waals surface area contributed by atoms with Gasteiger partial charge in [-0.25, -0.2) is 15.4 Å². The number of aromatic nitrogens is 5. The van der Waals surface area contributed by atoms with Gasteiger partial charge in [-0.2, -0.15) is 5.10 Å². The van der Waals surface area contributed by atoms with Crippen LogP contribution in [0, 0.1) is 6.92 Å². The molecule has 0 amide bonds. The minimum Gasteiger partial charge on any atom is -0.390 e. The van der Waals surface area contributed by atoms with Crippen LogP contribution >= 0.6 is 0 Å². The van der Waals surface area contributed by atoms with Crippen molar-refractivity contribution in [2.75, 3.05) is 36.2 Å². The highest BCUT2D eigenvalue weighted by molar-refractivity contribution is 5.91. The summed E-state index contributed by atoms with van der Waals surface area (Å²) in [6.07, 6.45) is 8.64. The van der Waals surface area contributed by atoms with Gasteiger partial charge in [0.15, 0.2) is 11.5 Å². The van der Waals surface area contributed by atoms with Gasteiger partial charge in [-0.1, -0.05) is 29.8 Å². The molecule has 204 valence electrons. The van der Waals surface area contributed by atoms with Gasteiger partial charge in [-0.15, -0.1) is 0 Å². The van der Waals surface area contributed by atoms with E-state index in [0.29, 0.717) is 26.2 Å². The summed E-state index contributed by atoms with van der Waals surface area (Å²) < 4.78 is 9.54. The van der Waals surface area contributed by atoms with E-state index in [-0.39, 0.29) is 6.04 Å². The molecule has 0 saturated carbocycles. The third-order valence-electron chi connectivity index (χ3n) is 7.34. The first kappa shape index (κ1) is 25.5. The molecule has 0 spiro atoms. The van der Waals surface area contributed by atoms with Crippen molar-refractivity contribution < 1.29 is 9.84 Å². The normalized spacial score (nSPS) is 18.0. The van der Waals surface area contributed by atoms with Gasteiger partial charge in [0, 0.05) is 45.1 Å². The second kappa shape index (κ2) is 10.1. The van der Waals surface area contributed by atoms with Crippen LogP contribution in [0.3, 0.4) is 0 Å². The molecule has 1 fully saturated rings. The van der Waals surface area contributed by atoms with Crippen LogP contribution in [0.25, 0.3) is 22.6 Å². The van der Waals surface area contributed by atoms with Crippen LogP contribution in [0.5, 0.6) is 0 Å². The Bertz CT molecular complexity index is 1510. The van der Waals surface area contributed by atoms with Crippen LogP contribution in [0.2, 0.25) is 0 Å². The van der Waals surface area contributed by atoms with E-state index in [1.807, 2.05) is 53.7 Å². The van der Waals surface area contributed by atoms with Crippen molar-refractivity contribution in [1.29, 1.82) is 0 Å². The number of morpholine rings is 1. The molecule has 4 aromatic rings. The lowest BCUT2D eigenvalue weighted by atomic mass is 10.1. The molecule has 0 aliphatic carbocycles. The summed E-state index contributed by atoms with van der Waals surface area (Å²) in [7, 11) is 2.00. The Kier molecular flexibility index (Phi) is 6.62. The predicted molar refractivity (Wildman–Crippen MR) is 152 cm³/mol. The summed E-state index contributed by atoms with van der Waals surface area (Å²) in [5, 5.41) is 16.6. The van der Waals surface area contributed by atoms with Gasteiger partial charge < -0.3 is 19.3 Å². The van der Waals surface area contributed by atoms with Crippen molar-refractivity contribution in [3.05, 3.63) is 66.1 Å². The maximum atomic E-state index is 10.1. The molecule has 10 nitrogen and oxygen atoms in total. The smallest absolute Gasteiger partial charge is 0.164 e. The SMILES string of the molecule is Cc1cccc(C2C=CN(c3cc(N4CCOCC4)c4nc(-c5cnn(CCC(C)(C)O)c5)n(C)c4n3)N2)c1. The summed E-state index contributed by atoms with van der Waals surface area (Å²) in [6, 6.07) is 10.7. The summed E-state index contributed by atoms with van der Waals surface area (Å²) in [5.41, 5.74) is 8.93. The number of hydrogen-bond acceptors (Lipinski definition) is 8. The number of nitrogens with one attached hydrogen (secondary N) is 1. The quantitative estimate of drug-likeness (QED) is 0.375. The predicted octanol–water partition coefficient (Wildman–Crippen LogP) is 3.72. The zero-order chi connectivity index (χ0) is 27.1. The minimum absolute atomic E-state index is 0.0751. The molecule has 1 unspecified atom stereocenters. The first-order valence-corrected chi connectivity index (χ1v) is 13.5. The third kappa shape index (κ3) is 5.27. The van der Waals surface area contributed by atoms with Crippen LogP contribution in [-0.2, 0) is 18.3 Å². The maximum Gasteiger partial charge on any atom is 0.164 e. The second-order valence-corrected chi connectivity index (χ2v) is 11.1. The summed E-state index contributed by atoms with van der Waals surface area (Å²) in [5.74, 6) is 1.62. The van der Waals surface area contributed by atoms with E-state index in [4.69, 9.17) is 14.7 Å². The van der Waals surface area contributed by atoms with Crippen molar-refractivity contribution in [3.63, 3.8) is 0 Å². The summed E-state index contributed by atoms with van der Waals surface area (Å²) in [6.45, 7) is 9.34. The monoisotopic (exact) mass is 528 g/mol. The Labute approximate surface area is 228 Å². The largest absolute Gasteiger partial charge is 0.390 e. The van der Waals surface area contributed by atoms with Gasteiger partial charge in [0.2, 0.25) is 0 Å². The van der Waals surface area contributed by atoms with Crippen LogP contribution < -0.4 is 15.3 Å². The Morgan fingerprint density at radius 3 is 2.74 bits per heavy atom. The molecule has 1 saturated heterocycles. The van der Waals surface area contributed by atoms with Gasteiger partial charge in [-0.05, 0) is 38.8 Å². The van der Waals surface area contributed by atoms with E-state index in [9.17, 15) is 5.11 Å². The highest BCUT2D eigenvalue weighted by Gasteiger charge is 2.25. The molecule has 6 rings (SSSR count). The molecule has 39 heavy (non-hydrogen) atoms. The lowest BCUT2D eigenvalue weighted by Gasteiger charge is -2.30. The van der Waals surface area contributed by atoms with Crippen LogP contribution in [0.4, 0.5) is 11.5 Å². The fourth-order valence-electron chi connectivity index (χ4n) is 5.14. The number of nitrogens with zero attached hydrogens (tertiary/aromatic N) is 7. The van der Waals surface area contributed by atoms with Crippen LogP contribution in [0.15, 0.2) is 55.0 Å². The molecule has 1 aromatic carbocycles. The van der Waals surface area contributed by atoms with E-state index in [0.717, 1.165) is 47.1 Å². The second-order valence-electron chi connectivity index (χ2n) is 11.1. The number of aliphatic hydroxyl groups is 1. The Morgan fingerprint density at radius 2 is 1.97 bits per heavy atom. The molecule has 5 heterocycles. The number of aryl methyl sites for hydroxylation is 3. The molecule has 0 bridgehead atoms. The number of pyridine rings is 1. The molecule has 3 aromatic heterocycles. The number of anilines is 2. The molecule has 10 heteroatoms. The number of ether oxygens (including phenoxy) is 1. The van der Waals surface area contributed by atoms with E-state index in [1.54, 1.807) is 0 Å². The van der Waals surface area contributed by atoms with Crippen molar-refractivity contribution in [2.24, 2.45) is 7.05 Å². The molecule has 0 radical (unpaired) electrons. The van der Waals surface area contributed by atoms with Gasteiger partial charge in [0.25, 0.3) is 0 Å². The lowest BCUT2D eigenvalue weighted by molar-refractivity contribution is 0.0651. The van der Waals surface area contributed by atoms with E-state index in [2.05, 4.69) is 58.8 Å². The summed E-state index contributed by atoms with van der Waals surface area (Å²) >= 11 is 0. The molecule has 1 atom stereocenters. The maximum absolute atomic E-state index is 10.1. The molecule has 2 N–H and O–H groups in total. The average Bonchev–Trinajstić information content (AvgIpc) is 3.67. The first-order valence-electron chi connectivity index (χ1n) is 13.5. The molecular weight excluding hydrogens is 492 g/mol. The highest BCUT2D eigenvalue weighted by atomic mass is 16.5. The number of hydrazine groups is 1. The third-order valence-corrected chi connectivity index (χ3v) is 7.34. The van der Waals surface area contributed by atoms with Crippen LogP contribution in [0.1, 0.15) is 37.4 Å². The number of rotatable bonds is 7. The van der Waals surface area contributed by atoms with Crippen LogP contribution in [-0.4, -0.2) is 61.3 Å². The van der Waals surface area contributed by atoms with Gasteiger partial charge >= 0.3 is 0 Å². The molecule has 2 aliphatic heterocycles. The van der Waals surface area contributed by atoms with Gasteiger partial charge in [0.05, 0.1) is 42.3 Å². The molecule has 2 aliphatic rings. The highest BCUT2D eigenvalue weighted by Crippen LogP contribution is 2.34. The summed E-state index contributed by atoms with van der Waals surface area (Å²) in [4.78, 5) is 12.5. The van der Waals surface area contributed by atoms with Gasteiger partial charge in [0.1, 0.15) is 11.3 Å². The average molecular weight is 529 g/mol. The number of hydrogen-bond donors (Lipinski definition) is 2. The fraction of sp³-hybridized carbons (Fsp3) is 0.414. The fourth-order valence-corrected chi connectivity index (χ4v) is 5.14. The first-order chi connectivity index (χ1) is 18.7. The van der Waals surface area contributed by atoms with Gasteiger partial charge in [-0.3, -0.25) is 9.69 Å².